The summed E-state index contributed by atoms with van der Waals surface area (Å²) < 4.78 is 2.18. The Kier molecular flexibility index (Phi) is 6.06. The molecule has 0 aliphatic carbocycles. The molecule has 0 saturated carbocycles. The third-order valence-electron chi connectivity index (χ3n) is 3.89. The molecule has 0 bridgehead atoms. The predicted molar refractivity (Wildman–Crippen MR) is 85.7 cm³/mol. The van der Waals surface area contributed by atoms with Crippen molar-refractivity contribution in [3.8, 4) is 0 Å². The number of para-hydroxylation sites is 2. The van der Waals surface area contributed by atoms with Crippen LogP contribution in [0.2, 0.25) is 0 Å². The van der Waals surface area contributed by atoms with E-state index in [0.717, 1.165) is 18.5 Å². The van der Waals surface area contributed by atoms with Gasteiger partial charge in [-0.25, -0.2) is 4.98 Å². The second kappa shape index (κ2) is 8.05. The van der Waals surface area contributed by atoms with Gasteiger partial charge in [-0.05, 0) is 18.6 Å². The van der Waals surface area contributed by atoms with Gasteiger partial charge >= 0.3 is 0 Å². The van der Waals surface area contributed by atoms with Crippen LogP contribution in [-0.4, -0.2) is 15.6 Å². The molecule has 0 radical (unpaired) electrons. The molecule has 1 aromatic carbocycles. The number of nitrogens with two attached hydrogens (primary N) is 1. The Morgan fingerprint density at radius 3 is 2.70 bits per heavy atom. The van der Waals surface area contributed by atoms with Crippen LogP contribution < -0.4 is 5.73 Å². The molecule has 110 valence electrons. The quantitative estimate of drug-likeness (QED) is 0.699. The van der Waals surface area contributed by atoms with Crippen molar-refractivity contribution < 1.29 is 0 Å². The maximum absolute atomic E-state index is 6.25. The Morgan fingerprint density at radius 2 is 1.85 bits per heavy atom. The van der Waals surface area contributed by atoms with E-state index in [1.807, 2.05) is 18.5 Å². The summed E-state index contributed by atoms with van der Waals surface area (Å²) >= 11 is 0. The smallest absolute Gasteiger partial charge is 0.0958 e. The molecule has 3 heteroatoms. The van der Waals surface area contributed by atoms with Gasteiger partial charge in [-0.1, -0.05) is 57.6 Å². The lowest BCUT2D eigenvalue weighted by Gasteiger charge is -2.13. The Morgan fingerprint density at radius 1 is 1.10 bits per heavy atom. The zero-order valence-electron chi connectivity index (χ0n) is 12.6. The van der Waals surface area contributed by atoms with Crippen molar-refractivity contribution in [2.24, 2.45) is 5.73 Å². The summed E-state index contributed by atoms with van der Waals surface area (Å²) in [6.45, 7) is 3.13. The molecule has 0 fully saturated rings. The highest BCUT2D eigenvalue weighted by molar-refractivity contribution is 5.74. The minimum atomic E-state index is 0.235. The summed E-state index contributed by atoms with van der Waals surface area (Å²) in [5, 5.41) is 0. The summed E-state index contributed by atoms with van der Waals surface area (Å²) in [6.07, 6.45) is 11.0. The molecule has 1 heterocycles. The Balaban J connectivity index is 1.73. The molecule has 0 aliphatic rings. The van der Waals surface area contributed by atoms with E-state index in [9.17, 15) is 0 Å². The number of hydrogen-bond donors (Lipinski definition) is 1. The highest BCUT2D eigenvalue weighted by atomic mass is 15.1. The lowest BCUT2D eigenvalue weighted by molar-refractivity contribution is 0.488. The average molecular weight is 273 g/mol. The van der Waals surface area contributed by atoms with Gasteiger partial charge in [0.1, 0.15) is 0 Å². The van der Waals surface area contributed by atoms with Crippen molar-refractivity contribution >= 4 is 11.0 Å². The van der Waals surface area contributed by atoms with Crippen LogP contribution >= 0.6 is 0 Å². The molecule has 1 aromatic heterocycles. The lowest BCUT2D eigenvalue weighted by Crippen LogP contribution is -2.25. The largest absolute Gasteiger partial charge is 0.329 e. The van der Waals surface area contributed by atoms with Crippen LogP contribution in [0.15, 0.2) is 30.6 Å². The number of hydrogen-bond acceptors (Lipinski definition) is 2. The normalized spacial score (nSPS) is 12.9. The maximum Gasteiger partial charge on any atom is 0.0958 e. The number of unbranched alkanes of at least 4 members (excludes halogenated alkanes) is 5. The van der Waals surface area contributed by atoms with E-state index in [2.05, 4.69) is 28.6 Å². The van der Waals surface area contributed by atoms with Crippen LogP contribution in [0.25, 0.3) is 11.0 Å². The van der Waals surface area contributed by atoms with Crippen LogP contribution in [0.5, 0.6) is 0 Å². The molecule has 1 unspecified atom stereocenters. The lowest BCUT2D eigenvalue weighted by atomic mass is 10.1. The molecule has 2 aromatic rings. The standard InChI is InChI=1S/C17H27N3/c1-2-3-4-5-6-7-10-15(18)13-20-14-19-16-11-8-9-12-17(16)20/h8-9,11-12,14-15H,2-7,10,13,18H2,1H3. The van der Waals surface area contributed by atoms with Gasteiger partial charge in [-0.15, -0.1) is 0 Å². The highest BCUT2D eigenvalue weighted by Gasteiger charge is 2.06. The van der Waals surface area contributed by atoms with E-state index in [-0.39, 0.29) is 6.04 Å². The van der Waals surface area contributed by atoms with E-state index in [4.69, 9.17) is 5.73 Å². The number of rotatable bonds is 9. The number of fused-ring (bicyclic) bond motifs is 1. The first kappa shape index (κ1) is 15.0. The molecular weight excluding hydrogens is 246 g/mol. The second-order valence-corrected chi connectivity index (χ2v) is 5.70. The van der Waals surface area contributed by atoms with Crippen molar-refractivity contribution in [2.45, 2.75) is 64.5 Å². The van der Waals surface area contributed by atoms with Gasteiger partial charge < -0.3 is 10.3 Å². The SMILES string of the molecule is CCCCCCCCC(N)Cn1cnc2ccccc21. The fourth-order valence-electron chi connectivity index (χ4n) is 2.69. The first-order valence-corrected chi connectivity index (χ1v) is 7.96. The minimum Gasteiger partial charge on any atom is -0.329 e. The van der Waals surface area contributed by atoms with Gasteiger partial charge in [0.2, 0.25) is 0 Å². The Hall–Kier alpha value is -1.35. The van der Waals surface area contributed by atoms with Crippen LogP contribution in [0.4, 0.5) is 0 Å². The number of nitrogens with zero attached hydrogens (tertiary/aromatic N) is 2. The minimum absolute atomic E-state index is 0.235. The molecular formula is C17H27N3. The fraction of sp³-hybridized carbons (Fsp3) is 0.588. The highest BCUT2D eigenvalue weighted by Crippen LogP contribution is 2.14. The molecule has 3 nitrogen and oxygen atoms in total. The third kappa shape index (κ3) is 4.34. The summed E-state index contributed by atoms with van der Waals surface area (Å²) in [5.74, 6) is 0. The third-order valence-corrected chi connectivity index (χ3v) is 3.89. The summed E-state index contributed by atoms with van der Waals surface area (Å²) in [4.78, 5) is 4.41. The maximum atomic E-state index is 6.25. The monoisotopic (exact) mass is 273 g/mol. The van der Waals surface area contributed by atoms with Crippen LogP contribution in [0.3, 0.4) is 0 Å². The van der Waals surface area contributed by atoms with Gasteiger partial charge in [0.05, 0.1) is 17.4 Å². The summed E-state index contributed by atoms with van der Waals surface area (Å²) in [7, 11) is 0. The molecule has 2 N–H and O–H groups in total. The van der Waals surface area contributed by atoms with E-state index in [1.165, 1.54) is 44.0 Å². The van der Waals surface area contributed by atoms with Gasteiger partial charge in [0, 0.05) is 12.6 Å². The molecule has 1 atom stereocenters. The molecule has 0 spiro atoms. The molecule has 0 amide bonds. The van der Waals surface area contributed by atoms with Gasteiger partial charge in [0.15, 0.2) is 0 Å². The van der Waals surface area contributed by atoms with Gasteiger partial charge in [-0.2, -0.15) is 0 Å². The average Bonchev–Trinajstić information content (AvgIpc) is 2.86. The van der Waals surface area contributed by atoms with Gasteiger partial charge in [0.25, 0.3) is 0 Å². The first-order chi connectivity index (χ1) is 9.81. The van der Waals surface area contributed by atoms with Crippen molar-refractivity contribution in [1.82, 2.24) is 9.55 Å². The van der Waals surface area contributed by atoms with E-state index in [1.54, 1.807) is 0 Å². The van der Waals surface area contributed by atoms with E-state index < -0.39 is 0 Å². The van der Waals surface area contributed by atoms with Crippen molar-refractivity contribution in [3.05, 3.63) is 30.6 Å². The molecule has 20 heavy (non-hydrogen) atoms. The van der Waals surface area contributed by atoms with Crippen molar-refractivity contribution in [2.75, 3.05) is 0 Å². The number of imidazole rings is 1. The zero-order chi connectivity index (χ0) is 14.2. The van der Waals surface area contributed by atoms with Crippen molar-refractivity contribution in [3.63, 3.8) is 0 Å². The number of benzene rings is 1. The first-order valence-electron chi connectivity index (χ1n) is 7.96. The second-order valence-electron chi connectivity index (χ2n) is 5.70. The molecule has 0 saturated heterocycles. The predicted octanol–water partition coefficient (Wildman–Crippen LogP) is 4.11. The number of aromatic nitrogens is 2. The topological polar surface area (TPSA) is 43.8 Å². The van der Waals surface area contributed by atoms with Crippen molar-refractivity contribution in [1.29, 1.82) is 0 Å². The van der Waals surface area contributed by atoms with Crippen LogP contribution in [-0.2, 0) is 6.54 Å². The van der Waals surface area contributed by atoms with E-state index >= 15 is 0 Å². The fourth-order valence-corrected chi connectivity index (χ4v) is 2.69. The zero-order valence-corrected chi connectivity index (χ0v) is 12.6. The van der Waals surface area contributed by atoms with Crippen LogP contribution in [0, 0.1) is 0 Å². The Labute approximate surface area is 122 Å². The summed E-state index contributed by atoms with van der Waals surface area (Å²) in [5.41, 5.74) is 8.49. The van der Waals surface area contributed by atoms with Gasteiger partial charge in [-0.3, -0.25) is 0 Å². The molecule has 2 rings (SSSR count). The molecule has 0 aliphatic heterocycles. The van der Waals surface area contributed by atoms with Crippen LogP contribution in [0.1, 0.15) is 51.9 Å². The Bertz CT molecular complexity index is 504. The van der Waals surface area contributed by atoms with E-state index in [0.29, 0.717) is 0 Å². The summed E-state index contributed by atoms with van der Waals surface area (Å²) in [6, 6.07) is 8.47.